The van der Waals surface area contributed by atoms with Crippen molar-refractivity contribution in [2.45, 2.75) is 37.3 Å². The Bertz CT molecular complexity index is 508. The molecule has 0 aromatic rings. The average molecular weight is 519 g/mol. The molecular formula is C15H34ClF7N4O3S. The number of alkyl halides is 7. The van der Waals surface area contributed by atoms with Gasteiger partial charge in [-0.15, -0.1) is 0 Å². The minimum atomic E-state index is -6.34. The molecular weight excluding hydrogens is 485 g/mol. The third kappa shape index (κ3) is 21.2. The summed E-state index contributed by atoms with van der Waals surface area (Å²) in [5.74, 6) is -2.09. The zero-order valence-corrected chi connectivity index (χ0v) is 19.7. The number of hydrogen-bond acceptors (Lipinski definition) is 5. The fraction of sp³-hybridized carbons (Fsp3) is 1.00. The molecule has 0 aromatic carbocycles. The lowest BCUT2D eigenvalue weighted by Crippen LogP contribution is -3.00. The highest BCUT2D eigenvalue weighted by molar-refractivity contribution is 7.85. The Kier molecular flexibility index (Phi) is 20.9. The van der Waals surface area contributed by atoms with Crippen molar-refractivity contribution >= 4 is 10.1 Å². The SMILES string of the molecule is CN(C)CCC[NH3+].CN(C)CCC[NH3+].O=S(=O)([O-])CCC(F)(C(F)(F)F)C(F)(F)F.[Cl-]. The van der Waals surface area contributed by atoms with Gasteiger partial charge in [0.1, 0.15) is 0 Å². The van der Waals surface area contributed by atoms with E-state index in [2.05, 4.69) is 49.5 Å². The van der Waals surface area contributed by atoms with Crippen molar-refractivity contribution in [1.29, 1.82) is 0 Å². The van der Waals surface area contributed by atoms with Crippen LogP contribution in [0.15, 0.2) is 0 Å². The van der Waals surface area contributed by atoms with Gasteiger partial charge in [0.25, 0.3) is 5.67 Å². The van der Waals surface area contributed by atoms with Crippen molar-refractivity contribution in [3.63, 3.8) is 0 Å². The molecule has 0 aliphatic carbocycles. The van der Waals surface area contributed by atoms with Crippen LogP contribution in [0, 0.1) is 0 Å². The topological polar surface area (TPSA) is 119 Å². The van der Waals surface area contributed by atoms with Crippen LogP contribution in [0.4, 0.5) is 30.7 Å². The molecule has 7 nitrogen and oxygen atoms in total. The van der Waals surface area contributed by atoms with Crippen LogP contribution >= 0.6 is 0 Å². The van der Waals surface area contributed by atoms with Gasteiger partial charge in [0.2, 0.25) is 0 Å². The monoisotopic (exact) mass is 518 g/mol. The third-order valence-corrected chi connectivity index (χ3v) is 4.01. The Morgan fingerprint density at radius 3 is 1.19 bits per heavy atom. The molecule has 0 saturated carbocycles. The highest BCUT2D eigenvalue weighted by Crippen LogP contribution is 2.48. The van der Waals surface area contributed by atoms with E-state index >= 15 is 0 Å². The second-order valence-corrected chi connectivity index (χ2v) is 8.35. The second-order valence-electron chi connectivity index (χ2n) is 6.83. The maximum atomic E-state index is 12.7. The molecule has 0 radical (unpaired) electrons. The van der Waals surface area contributed by atoms with Crippen molar-refractivity contribution in [3.05, 3.63) is 0 Å². The smallest absolute Gasteiger partial charge is 0.431 e. The normalized spacial score (nSPS) is 12.5. The van der Waals surface area contributed by atoms with Gasteiger partial charge < -0.3 is 38.2 Å². The fourth-order valence-corrected chi connectivity index (χ4v) is 2.10. The molecule has 6 N–H and O–H groups in total. The fourth-order valence-electron chi connectivity index (χ4n) is 1.57. The molecule has 0 bridgehead atoms. The van der Waals surface area contributed by atoms with Gasteiger partial charge in [-0.2, -0.15) is 26.3 Å². The van der Waals surface area contributed by atoms with Gasteiger partial charge in [0.15, 0.2) is 0 Å². The molecule has 0 aromatic heterocycles. The Morgan fingerprint density at radius 2 is 1.06 bits per heavy atom. The van der Waals surface area contributed by atoms with E-state index in [1.165, 1.54) is 25.9 Å². The van der Waals surface area contributed by atoms with Crippen LogP contribution in [-0.4, -0.2) is 101 Å². The highest BCUT2D eigenvalue weighted by Gasteiger charge is 2.71. The van der Waals surface area contributed by atoms with Crippen molar-refractivity contribution in [2.75, 3.05) is 60.1 Å². The summed E-state index contributed by atoms with van der Waals surface area (Å²) in [6.45, 7) is 4.45. The molecule has 0 rings (SSSR count). The first kappa shape index (κ1) is 37.8. The number of quaternary nitrogens is 2. The third-order valence-electron chi connectivity index (χ3n) is 3.31. The average Bonchev–Trinajstić information content (AvgIpc) is 2.54. The number of rotatable bonds is 9. The molecule has 16 heteroatoms. The molecule has 0 unspecified atom stereocenters. The first-order chi connectivity index (χ1) is 13.2. The Morgan fingerprint density at radius 1 is 0.774 bits per heavy atom. The standard InChI is InChI=1S/C5H5F7O3S.2C5H14N2.ClH/c6-3(4(7,8)9,5(10,11)12)1-2-16(13,14)15;2*1-7(2)5-3-4-6;/h1-2H2,(H,13,14,15);2*3-6H2,1-2H3;1H. The highest BCUT2D eigenvalue weighted by atomic mass is 35.5. The largest absolute Gasteiger partial charge is 1.00 e. The molecule has 0 saturated heterocycles. The van der Waals surface area contributed by atoms with E-state index in [0.717, 1.165) is 13.1 Å². The molecule has 0 heterocycles. The van der Waals surface area contributed by atoms with E-state index in [1.807, 2.05) is 0 Å². The summed E-state index contributed by atoms with van der Waals surface area (Å²) < 4.78 is 113. The van der Waals surface area contributed by atoms with Crippen LogP contribution in [0.5, 0.6) is 0 Å². The Labute approximate surface area is 185 Å². The molecule has 0 spiro atoms. The van der Waals surface area contributed by atoms with E-state index in [9.17, 15) is 43.7 Å². The molecule has 0 fully saturated rings. The summed E-state index contributed by atoms with van der Waals surface area (Å²) in [6.07, 6.45) is -12.8. The number of hydrogen-bond donors (Lipinski definition) is 2. The van der Waals surface area contributed by atoms with Gasteiger partial charge in [-0.25, -0.2) is 12.8 Å². The number of halogens is 8. The summed E-state index contributed by atoms with van der Waals surface area (Å²) in [5.41, 5.74) is 1.77. The summed E-state index contributed by atoms with van der Waals surface area (Å²) in [4.78, 5) is 4.34. The minimum absolute atomic E-state index is 0. The van der Waals surface area contributed by atoms with Crippen LogP contribution in [0.3, 0.4) is 0 Å². The summed E-state index contributed by atoms with van der Waals surface area (Å²) in [5, 5.41) is 0. The van der Waals surface area contributed by atoms with Gasteiger partial charge in [-0.3, -0.25) is 0 Å². The van der Waals surface area contributed by atoms with E-state index in [0.29, 0.717) is 0 Å². The quantitative estimate of drug-likeness (QED) is 0.251. The van der Waals surface area contributed by atoms with Gasteiger partial charge >= 0.3 is 12.4 Å². The minimum Gasteiger partial charge on any atom is -1.00 e. The van der Waals surface area contributed by atoms with Crippen LogP contribution < -0.4 is 23.9 Å². The van der Waals surface area contributed by atoms with Gasteiger partial charge in [0.05, 0.1) is 23.2 Å². The van der Waals surface area contributed by atoms with E-state index in [1.54, 1.807) is 0 Å². The van der Waals surface area contributed by atoms with Gasteiger partial charge in [-0.1, -0.05) is 0 Å². The van der Waals surface area contributed by atoms with Crippen molar-refractivity contribution in [1.82, 2.24) is 9.80 Å². The molecule has 194 valence electrons. The first-order valence-corrected chi connectivity index (χ1v) is 10.5. The van der Waals surface area contributed by atoms with E-state index < -0.39 is 40.3 Å². The Balaban J connectivity index is -0.000000202. The van der Waals surface area contributed by atoms with Gasteiger partial charge in [0, 0.05) is 38.1 Å². The molecule has 0 aliphatic heterocycles. The van der Waals surface area contributed by atoms with E-state index in [4.69, 9.17) is 0 Å². The molecule has 0 amide bonds. The van der Waals surface area contributed by atoms with Crippen molar-refractivity contribution < 1.29 is 67.6 Å². The summed E-state index contributed by atoms with van der Waals surface area (Å²) >= 11 is 0. The van der Waals surface area contributed by atoms with Gasteiger partial charge in [-0.05, 0) is 28.2 Å². The van der Waals surface area contributed by atoms with Crippen LogP contribution in [0.25, 0.3) is 0 Å². The van der Waals surface area contributed by atoms with Crippen molar-refractivity contribution in [3.8, 4) is 0 Å². The van der Waals surface area contributed by atoms with Crippen LogP contribution in [0.1, 0.15) is 19.3 Å². The predicted octanol–water partition coefficient (Wildman–Crippen LogP) is -2.88. The number of nitrogens with zero attached hydrogens (tertiary/aromatic N) is 2. The molecule has 31 heavy (non-hydrogen) atoms. The predicted molar refractivity (Wildman–Crippen MR) is 97.0 cm³/mol. The lowest BCUT2D eigenvalue weighted by molar-refractivity contribution is -0.368. The first-order valence-electron chi connectivity index (χ1n) is 8.89. The Hall–Kier alpha value is -0.450. The summed E-state index contributed by atoms with van der Waals surface area (Å²) in [7, 11) is 2.95. The molecule has 0 atom stereocenters. The zero-order valence-electron chi connectivity index (χ0n) is 18.1. The lowest BCUT2D eigenvalue weighted by atomic mass is 10.0. The second kappa shape index (κ2) is 17.1. The van der Waals surface area contributed by atoms with Crippen LogP contribution in [0.2, 0.25) is 0 Å². The maximum absolute atomic E-state index is 12.7. The maximum Gasteiger partial charge on any atom is 0.431 e. The lowest BCUT2D eigenvalue weighted by Gasteiger charge is -2.30. The van der Waals surface area contributed by atoms with Crippen molar-refractivity contribution in [2.24, 2.45) is 0 Å². The van der Waals surface area contributed by atoms with E-state index in [-0.39, 0.29) is 12.4 Å². The molecule has 0 aliphatic rings. The van der Waals surface area contributed by atoms with Crippen LogP contribution in [-0.2, 0) is 10.1 Å². The zero-order chi connectivity index (χ0) is 24.8. The summed E-state index contributed by atoms with van der Waals surface area (Å²) in [6, 6.07) is 0.